The standard InChI is InChI=1S/C14H15NO3S/c1-3-9-4-6-10(7-5-9)13-15-11(8-18-2)12(19-13)14(16)17/h4-7H,3,8H2,1-2H3,(H,16,17). The molecule has 0 saturated heterocycles. The summed E-state index contributed by atoms with van der Waals surface area (Å²) in [5.41, 5.74) is 2.66. The second-order valence-corrected chi connectivity index (χ2v) is 5.08. The molecular weight excluding hydrogens is 262 g/mol. The van der Waals surface area contributed by atoms with Crippen molar-refractivity contribution in [1.82, 2.24) is 4.98 Å². The third-order valence-corrected chi connectivity index (χ3v) is 3.92. The van der Waals surface area contributed by atoms with Crippen LogP contribution in [0.15, 0.2) is 24.3 Å². The van der Waals surface area contributed by atoms with Crippen molar-refractivity contribution in [2.24, 2.45) is 0 Å². The molecule has 0 spiro atoms. The maximum atomic E-state index is 11.2. The number of carboxylic acids is 1. The van der Waals surface area contributed by atoms with Gasteiger partial charge in [-0.05, 0) is 12.0 Å². The van der Waals surface area contributed by atoms with E-state index < -0.39 is 5.97 Å². The maximum Gasteiger partial charge on any atom is 0.347 e. The van der Waals surface area contributed by atoms with E-state index in [4.69, 9.17) is 9.84 Å². The van der Waals surface area contributed by atoms with Gasteiger partial charge in [0.25, 0.3) is 0 Å². The molecule has 0 aliphatic heterocycles. The van der Waals surface area contributed by atoms with Gasteiger partial charge in [-0.25, -0.2) is 9.78 Å². The van der Waals surface area contributed by atoms with Crippen molar-refractivity contribution in [3.8, 4) is 10.6 Å². The molecule has 2 rings (SSSR count). The SMILES string of the molecule is CCc1ccc(-c2nc(COC)c(C(=O)O)s2)cc1. The number of aryl methyl sites for hydroxylation is 1. The van der Waals surface area contributed by atoms with Crippen LogP contribution in [-0.4, -0.2) is 23.2 Å². The molecule has 0 bridgehead atoms. The van der Waals surface area contributed by atoms with Crippen LogP contribution >= 0.6 is 11.3 Å². The van der Waals surface area contributed by atoms with E-state index in [1.807, 2.05) is 24.3 Å². The monoisotopic (exact) mass is 277 g/mol. The van der Waals surface area contributed by atoms with E-state index >= 15 is 0 Å². The molecule has 1 aromatic carbocycles. The number of methoxy groups -OCH3 is 1. The number of thiazole rings is 1. The summed E-state index contributed by atoms with van der Waals surface area (Å²) in [6.45, 7) is 2.31. The maximum absolute atomic E-state index is 11.2. The van der Waals surface area contributed by atoms with Crippen molar-refractivity contribution < 1.29 is 14.6 Å². The Hall–Kier alpha value is -1.72. The minimum absolute atomic E-state index is 0.213. The van der Waals surface area contributed by atoms with Crippen molar-refractivity contribution in [2.45, 2.75) is 20.0 Å². The predicted molar refractivity (Wildman–Crippen MR) is 74.6 cm³/mol. The van der Waals surface area contributed by atoms with E-state index in [1.54, 1.807) is 0 Å². The van der Waals surface area contributed by atoms with Crippen LogP contribution in [0.2, 0.25) is 0 Å². The second-order valence-electron chi connectivity index (χ2n) is 4.08. The minimum Gasteiger partial charge on any atom is -0.477 e. The molecule has 0 unspecified atom stereocenters. The topological polar surface area (TPSA) is 59.4 Å². The molecule has 0 atom stereocenters. The average molecular weight is 277 g/mol. The van der Waals surface area contributed by atoms with Crippen molar-refractivity contribution in [3.05, 3.63) is 40.4 Å². The number of hydrogen-bond donors (Lipinski definition) is 1. The number of benzene rings is 1. The van der Waals surface area contributed by atoms with Crippen LogP contribution in [0.5, 0.6) is 0 Å². The molecule has 0 radical (unpaired) electrons. The van der Waals surface area contributed by atoms with Crippen LogP contribution in [0, 0.1) is 0 Å². The lowest BCUT2D eigenvalue weighted by atomic mass is 10.1. The van der Waals surface area contributed by atoms with E-state index in [9.17, 15) is 4.79 Å². The zero-order valence-electron chi connectivity index (χ0n) is 10.8. The van der Waals surface area contributed by atoms with Crippen molar-refractivity contribution in [3.63, 3.8) is 0 Å². The predicted octanol–water partition coefficient (Wildman–Crippen LogP) is 3.22. The van der Waals surface area contributed by atoms with Crippen LogP contribution in [0.1, 0.15) is 27.9 Å². The van der Waals surface area contributed by atoms with E-state index in [0.717, 1.165) is 12.0 Å². The van der Waals surface area contributed by atoms with E-state index in [2.05, 4.69) is 11.9 Å². The van der Waals surface area contributed by atoms with Gasteiger partial charge in [0.1, 0.15) is 9.88 Å². The van der Waals surface area contributed by atoms with Gasteiger partial charge >= 0.3 is 5.97 Å². The molecule has 1 aromatic heterocycles. The summed E-state index contributed by atoms with van der Waals surface area (Å²) in [5.74, 6) is -0.957. The Kier molecular flexibility index (Phi) is 4.29. The quantitative estimate of drug-likeness (QED) is 0.911. The minimum atomic E-state index is -0.957. The van der Waals surface area contributed by atoms with Gasteiger partial charge in [0.15, 0.2) is 0 Å². The summed E-state index contributed by atoms with van der Waals surface area (Å²) in [6, 6.07) is 8.01. The molecule has 19 heavy (non-hydrogen) atoms. The number of aromatic nitrogens is 1. The molecule has 0 saturated carbocycles. The molecule has 4 nitrogen and oxygen atoms in total. The second kappa shape index (κ2) is 5.95. The normalized spacial score (nSPS) is 10.6. The summed E-state index contributed by atoms with van der Waals surface area (Å²) in [7, 11) is 1.53. The Bertz CT molecular complexity index is 575. The first kappa shape index (κ1) is 13.7. The number of aromatic carboxylic acids is 1. The third kappa shape index (κ3) is 3.00. The first-order chi connectivity index (χ1) is 9.15. The van der Waals surface area contributed by atoms with Gasteiger partial charge in [-0.2, -0.15) is 0 Å². The Morgan fingerprint density at radius 2 is 2.05 bits per heavy atom. The van der Waals surface area contributed by atoms with Gasteiger partial charge < -0.3 is 9.84 Å². The fourth-order valence-electron chi connectivity index (χ4n) is 1.76. The highest BCUT2D eigenvalue weighted by Gasteiger charge is 2.17. The lowest BCUT2D eigenvalue weighted by Crippen LogP contribution is -1.99. The Labute approximate surface area is 115 Å². The van der Waals surface area contributed by atoms with Crippen LogP contribution < -0.4 is 0 Å². The summed E-state index contributed by atoms with van der Waals surface area (Å²) < 4.78 is 4.99. The lowest BCUT2D eigenvalue weighted by molar-refractivity contribution is 0.0697. The number of hydrogen-bond acceptors (Lipinski definition) is 4. The van der Waals surface area contributed by atoms with Gasteiger partial charge in [0.2, 0.25) is 0 Å². The first-order valence-corrected chi connectivity index (χ1v) is 6.78. The summed E-state index contributed by atoms with van der Waals surface area (Å²) in [4.78, 5) is 15.8. The smallest absolute Gasteiger partial charge is 0.347 e. The Morgan fingerprint density at radius 3 is 2.58 bits per heavy atom. The Morgan fingerprint density at radius 1 is 1.37 bits per heavy atom. The number of carboxylic acid groups (broad SMARTS) is 1. The molecule has 0 fully saturated rings. The summed E-state index contributed by atoms with van der Waals surface area (Å²) >= 11 is 1.18. The van der Waals surface area contributed by atoms with E-state index in [-0.39, 0.29) is 11.5 Å². The van der Waals surface area contributed by atoms with Crippen LogP contribution in [-0.2, 0) is 17.8 Å². The van der Waals surface area contributed by atoms with Gasteiger partial charge in [0, 0.05) is 12.7 Å². The third-order valence-electron chi connectivity index (χ3n) is 2.78. The molecule has 0 aliphatic carbocycles. The van der Waals surface area contributed by atoms with Crippen LogP contribution in [0.4, 0.5) is 0 Å². The molecule has 0 amide bonds. The van der Waals surface area contributed by atoms with E-state index in [0.29, 0.717) is 10.7 Å². The number of ether oxygens (including phenoxy) is 1. The zero-order valence-corrected chi connectivity index (χ0v) is 11.7. The van der Waals surface area contributed by atoms with Gasteiger partial charge in [-0.15, -0.1) is 11.3 Å². The summed E-state index contributed by atoms with van der Waals surface area (Å²) in [5, 5.41) is 9.86. The fraction of sp³-hybridized carbons (Fsp3) is 0.286. The van der Waals surface area contributed by atoms with Crippen LogP contribution in [0.3, 0.4) is 0 Å². The van der Waals surface area contributed by atoms with E-state index in [1.165, 1.54) is 24.0 Å². The van der Waals surface area contributed by atoms with Gasteiger partial charge in [-0.1, -0.05) is 31.2 Å². The lowest BCUT2D eigenvalue weighted by Gasteiger charge is -1.98. The zero-order chi connectivity index (χ0) is 13.8. The van der Waals surface area contributed by atoms with Gasteiger partial charge in [0.05, 0.1) is 12.3 Å². The molecule has 2 aromatic rings. The average Bonchev–Trinajstić information content (AvgIpc) is 2.83. The Balaban J connectivity index is 2.38. The number of carbonyl (C=O) groups is 1. The van der Waals surface area contributed by atoms with Crippen molar-refractivity contribution in [2.75, 3.05) is 7.11 Å². The highest BCUT2D eigenvalue weighted by molar-refractivity contribution is 7.17. The molecule has 1 heterocycles. The molecule has 0 aliphatic rings. The summed E-state index contributed by atoms with van der Waals surface area (Å²) in [6.07, 6.45) is 0.980. The highest BCUT2D eigenvalue weighted by atomic mass is 32.1. The van der Waals surface area contributed by atoms with Crippen molar-refractivity contribution in [1.29, 1.82) is 0 Å². The number of rotatable bonds is 5. The largest absolute Gasteiger partial charge is 0.477 e. The van der Waals surface area contributed by atoms with Crippen molar-refractivity contribution >= 4 is 17.3 Å². The number of nitrogens with zero attached hydrogens (tertiary/aromatic N) is 1. The first-order valence-electron chi connectivity index (χ1n) is 5.97. The fourth-order valence-corrected chi connectivity index (χ4v) is 2.67. The molecule has 5 heteroatoms. The molecule has 1 N–H and O–H groups in total. The molecule has 100 valence electrons. The highest BCUT2D eigenvalue weighted by Crippen LogP contribution is 2.28. The van der Waals surface area contributed by atoms with Crippen LogP contribution in [0.25, 0.3) is 10.6 Å². The van der Waals surface area contributed by atoms with Gasteiger partial charge in [-0.3, -0.25) is 0 Å². The molecular formula is C14H15NO3S.